The van der Waals surface area contributed by atoms with Crippen molar-refractivity contribution in [2.75, 3.05) is 13.1 Å². The summed E-state index contributed by atoms with van der Waals surface area (Å²) in [5.74, 6) is -1.68. The molecule has 1 aliphatic heterocycles. The van der Waals surface area contributed by atoms with Crippen molar-refractivity contribution >= 4 is 21.7 Å². The summed E-state index contributed by atoms with van der Waals surface area (Å²) in [6.07, 6.45) is 1.23. The molecule has 1 aliphatic rings. The standard InChI is InChI=1S/C16H21NO5S/c1-11(2)23(21,22)14-7-5-12(6-8-14)15(18)17-9-3-4-13(10-17)16(19)20/h5-8,11,13H,3-4,9-10H2,1-2H3,(H,19,20)/t13-/m0/s1. The molecule has 0 bridgehead atoms. The average molecular weight is 339 g/mol. The summed E-state index contributed by atoms with van der Waals surface area (Å²) in [7, 11) is -3.37. The van der Waals surface area contributed by atoms with E-state index in [2.05, 4.69) is 0 Å². The minimum absolute atomic E-state index is 0.186. The molecule has 1 heterocycles. The van der Waals surface area contributed by atoms with Gasteiger partial charge in [-0.3, -0.25) is 9.59 Å². The molecule has 1 atom stereocenters. The second kappa shape index (κ2) is 6.70. The number of nitrogens with zero attached hydrogens (tertiary/aromatic N) is 1. The zero-order chi connectivity index (χ0) is 17.2. The molecule has 6 nitrogen and oxygen atoms in total. The Balaban J connectivity index is 2.16. The van der Waals surface area contributed by atoms with Gasteiger partial charge < -0.3 is 10.0 Å². The van der Waals surface area contributed by atoms with Gasteiger partial charge in [-0.1, -0.05) is 0 Å². The SMILES string of the molecule is CC(C)S(=O)(=O)c1ccc(C(=O)N2CCC[C@H](C(=O)O)C2)cc1. The maximum atomic E-state index is 12.4. The fraction of sp³-hybridized carbons (Fsp3) is 0.500. The summed E-state index contributed by atoms with van der Waals surface area (Å²) >= 11 is 0. The number of sulfone groups is 1. The lowest BCUT2D eigenvalue weighted by Crippen LogP contribution is -2.42. The van der Waals surface area contributed by atoms with E-state index in [0.717, 1.165) is 0 Å². The van der Waals surface area contributed by atoms with Crippen molar-refractivity contribution < 1.29 is 23.1 Å². The molecule has 0 saturated carbocycles. The lowest BCUT2D eigenvalue weighted by atomic mass is 9.97. The number of carboxylic acids is 1. The molecule has 2 rings (SSSR count). The van der Waals surface area contributed by atoms with Crippen molar-refractivity contribution in [2.45, 2.75) is 36.8 Å². The van der Waals surface area contributed by atoms with Gasteiger partial charge in [-0.15, -0.1) is 0 Å². The van der Waals surface area contributed by atoms with Crippen LogP contribution in [0.1, 0.15) is 37.0 Å². The Labute approximate surface area is 136 Å². The number of carbonyl (C=O) groups is 2. The Morgan fingerprint density at radius 3 is 2.35 bits per heavy atom. The fourth-order valence-corrected chi connectivity index (χ4v) is 3.66. The zero-order valence-corrected chi connectivity index (χ0v) is 14.0. The van der Waals surface area contributed by atoms with E-state index in [-0.39, 0.29) is 17.3 Å². The van der Waals surface area contributed by atoms with Gasteiger partial charge in [0.25, 0.3) is 5.91 Å². The van der Waals surface area contributed by atoms with Gasteiger partial charge in [0.2, 0.25) is 0 Å². The highest BCUT2D eigenvalue weighted by atomic mass is 32.2. The molecule has 1 aromatic carbocycles. The van der Waals surface area contributed by atoms with Gasteiger partial charge in [0.1, 0.15) is 0 Å². The van der Waals surface area contributed by atoms with Crippen LogP contribution in [0.25, 0.3) is 0 Å². The Morgan fingerprint density at radius 2 is 1.83 bits per heavy atom. The highest BCUT2D eigenvalue weighted by molar-refractivity contribution is 7.92. The van der Waals surface area contributed by atoms with E-state index in [9.17, 15) is 18.0 Å². The van der Waals surface area contributed by atoms with Crippen molar-refractivity contribution in [1.29, 1.82) is 0 Å². The molecule has 0 radical (unpaired) electrons. The molecule has 1 N–H and O–H groups in total. The fourth-order valence-electron chi connectivity index (χ4n) is 2.61. The van der Waals surface area contributed by atoms with Crippen molar-refractivity contribution in [3.63, 3.8) is 0 Å². The molecule has 0 aromatic heterocycles. The molecule has 0 unspecified atom stereocenters. The maximum absolute atomic E-state index is 12.4. The Hall–Kier alpha value is -1.89. The summed E-state index contributed by atoms with van der Waals surface area (Å²) in [5.41, 5.74) is 0.374. The molecule has 126 valence electrons. The van der Waals surface area contributed by atoms with Crippen LogP contribution in [0.2, 0.25) is 0 Å². The van der Waals surface area contributed by atoms with E-state index in [0.29, 0.717) is 24.9 Å². The van der Waals surface area contributed by atoms with E-state index < -0.39 is 27.0 Å². The first-order valence-corrected chi connectivity index (χ1v) is 9.14. The van der Waals surface area contributed by atoms with Crippen LogP contribution < -0.4 is 0 Å². The van der Waals surface area contributed by atoms with Crippen LogP contribution in [-0.2, 0) is 14.6 Å². The summed E-state index contributed by atoms with van der Waals surface area (Å²) in [6.45, 7) is 3.93. The van der Waals surface area contributed by atoms with Crippen molar-refractivity contribution in [2.24, 2.45) is 5.92 Å². The monoisotopic (exact) mass is 339 g/mol. The smallest absolute Gasteiger partial charge is 0.308 e. The van der Waals surface area contributed by atoms with Crippen LogP contribution in [0.4, 0.5) is 0 Å². The quantitative estimate of drug-likeness (QED) is 0.903. The first kappa shape index (κ1) is 17.5. The second-order valence-corrected chi connectivity index (χ2v) is 8.55. The summed E-state index contributed by atoms with van der Waals surface area (Å²) < 4.78 is 24.1. The Kier molecular flexibility index (Phi) is 5.09. The number of hydrogen-bond donors (Lipinski definition) is 1. The molecule has 1 amide bonds. The molecular weight excluding hydrogens is 318 g/mol. The van der Waals surface area contributed by atoms with E-state index in [4.69, 9.17) is 5.11 Å². The number of hydrogen-bond acceptors (Lipinski definition) is 4. The number of aliphatic carboxylic acids is 1. The number of benzene rings is 1. The third kappa shape index (κ3) is 3.72. The van der Waals surface area contributed by atoms with Gasteiger partial charge >= 0.3 is 5.97 Å². The largest absolute Gasteiger partial charge is 0.481 e. The minimum atomic E-state index is -3.37. The third-order valence-corrected chi connectivity index (χ3v) is 6.28. The van der Waals surface area contributed by atoms with E-state index in [1.807, 2.05) is 0 Å². The number of carbonyl (C=O) groups excluding carboxylic acids is 1. The molecule has 0 aliphatic carbocycles. The average Bonchev–Trinajstić information content (AvgIpc) is 2.54. The molecule has 7 heteroatoms. The molecule has 23 heavy (non-hydrogen) atoms. The molecular formula is C16H21NO5S. The highest BCUT2D eigenvalue weighted by Gasteiger charge is 2.29. The predicted octanol–water partition coefficient (Wildman–Crippen LogP) is 1.81. The van der Waals surface area contributed by atoms with Crippen LogP contribution in [0.5, 0.6) is 0 Å². The topological polar surface area (TPSA) is 91.8 Å². The van der Waals surface area contributed by atoms with Crippen LogP contribution >= 0.6 is 0 Å². The lowest BCUT2D eigenvalue weighted by Gasteiger charge is -2.30. The normalized spacial score (nSPS) is 18.9. The highest BCUT2D eigenvalue weighted by Crippen LogP contribution is 2.21. The minimum Gasteiger partial charge on any atom is -0.481 e. The number of amides is 1. The van der Waals surface area contributed by atoms with Gasteiger partial charge in [-0.25, -0.2) is 8.42 Å². The predicted molar refractivity (Wildman–Crippen MR) is 85.0 cm³/mol. The van der Waals surface area contributed by atoms with Crippen LogP contribution in [-0.4, -0.2) is 48.6 Å². The van der Waals surface area contributed by atoms with Crippen LogP contribution in [0.15, 0.2) is 29.2 Å². The first-order chi connectivity index (χ1) is 10.7. The van der Waals surface area contributed by atoms with Crippen LogP contribution in [0.3, 0.4) is 0 Å². The van der Waals surface area contributed by atoms with Crippen molar-refractivity contribution in [1.82, 2.24) is 4.90 Å². The van der Waals surface area contributed by atoms with E-state index >= 15 is 0 Å². The van der Waals surface area contributed by atoms with E-state index in [1.165, 1.54) is 29.2 Å². The van der Waals surface area contributed by atoms with Gasteiger partial charge in [-0.2, -0.15) is 0 Å². The maximum Gasteiger partial charge on any atom is 0.308 e. The van der Waals surface area contributed by atoms with Gasteiger partial charge in [0.15, 0.2) is 9.84 Å². The Morgan fingerprint density at radius 1 is 1.22 bits per heavy atom. The molecule has 1 saturated heterocycles. The lowest BCUT2D eigenvalue weighted by molar-refractivity contribution is -0.143. The van der Waals surface area contributed by atoms with Gasteiger partial charge in [0.05, 0.1) is 16.1 Å². The summed E-state index contributed by atoms with van der Waals surface area (Å²) in [6, 6.07) is 5.84. The van der Waals surface area contributed by atoms with Gasteiger partial charge in [-0.05, 0) is 51.0 Å². The summed E-state index contributed by atoms with van der Waals surface area (Å²) in [4.78, 5) is 25.2. The number of likely N-dealkylation sites (tertiary alicyclic amines) is 1. The zero-order valence-electron chi connectivity index (χ0n) is 13.2. The Bertz CT molecular complexity index is 694. The number of rotatable bonds is 4. The van der Waals surface area contributed by atoms with Crippen molar-refractivity contribution in [3.05, 3.63) is 29.8 Å². The molecule has 0 spiro atoms. The second-order valence-electron chi connectivity index (χ2n) is 6.05. The van der Waals surface area contributed by atoms with Crippen molar-refractivity contribution in [3.8, 4) is 0 Å². The van der Waals surface area contributed by atoms with Gasteiger partial charge in [0, 0.05) is 18.7 Å². The number of carboxylic acid groups (broad SMARTS) is 1. The van der Waals surface area contributed by atoms with E-state index in [1.54, 1.807) is 13.8 Å². The molecule has 1 aromatic rings. The summed E-state index contributed by atoms with van der Waals surface area (Å²) in [5, 5.41) is 8.56. The number of piperidine rings is 1. The first-order valence-electron chi connectivity index (χ1n) is 7.59. The third-order valence-electron chi connectivity index (χ3n) is 4.11. The molecule has 1 fully saturated rings. The van der Waals surface area contributed by atoms with Crippen LogP contribution in [0, 0.1) is 5.92 Å².